The number of carbonyl (C=O) groups is 1. The molecule has 110 valence electrons. The maximum absolute atomic E-state index is 12.4. The highest BCUT2D eigenvalue weighted by atomic mass is 16.7. The number of hydrogen-bond acceptors (Lipinski definition) is 4. The molecule has 0 radical (unpaired) electrons. The normalized spacial score (nSPS) is 17.0. The van der Waals surface area contributed by atoms with Gasteiger partial charge in [-0.25, -0.2) is 0 Å². The molecule has 0 fully saturated rings. The lowest BCUT2D eigenvalue weighted by molar-refractivity contribution is -0.136. The number of para-hydroxylation sites is 1. The summed E-state index contributed by atoms with van der Waals surface area (Å²) in [5.41, 5.74) is 1.73. The zero-order chi connectivity index (χ0) is 14.8. The van der Waals surface area contributed by atoms with E-state index in [9.17, 15) is 4.79 Å². The van der Waals surface area contributed by atoms with Crippen LogP contribution in [-0.4, -0.2) is 22.5 Å². The van der Waals surface area contributed by atoms with Crippen molar-refractivity contribution in [2.24, 2.45) is 0 Å². The van der Waals surface area contributed by atoms with Gasteiger partial charge >= 0.3 is 0 Å². The third-order valence-electron chi connectivity index (χ3n) is 3.42. The Bertz CT molecular complexity index is 666. The molecule has 0 saturated carbocycles. The van der Waals surface area contributed by atoms with E-state index in [-0.39, 0.29) is 12.7 Å². The number of nitrogens with zero attached hydrogens (tertiary/aromatic N) is 2. The molecule has 1 amide bonds. The maximum Gasteiger partial charge on any atom is 0.259 e. The van der Waals surface area contributed by atoms with Crippen LogP contribution in [0, 0.1) is 6.92 Å². The van der Waals surface area contributed by atoms with Crippen LogP contribution in [0.3, 0.4) is 0 Å². The number of ether oxygens (including phenoxy) is 2. The van der Waals surface area contributed by atoms with Gasteiger partial charge in [0.1, 0.15) is 5.75 Å². The molecule has 3 rings (SSSR count). The van der Waals surface area contributed by atoms with Gasteiger partial charge in [-0.3, -0.25) is 9.48 Å². The van der Waals surface area contributed by atoms with Crippen LogP contribution in [0.15, 0.2) is 30.3 Å². The average Bonchev–Trinajstić information content (AvgIpc) is 2.86. The summed E-state index contributed by atoms with van der Waals surface area (Å²) in [6.45, 7) is 4.78. The van der Waals surface area contributed by atoms with Gasteiger partial charge in [-0.1, -0.05) is 18.2 Å². The van der Waals surface area contributed by atoms with Gasteiger partial charge < -0.3 is 14.8 Å². The molecule has 21 heavy (non-hydrogen) atoms. The zero-order valence-corrected chi connectivity index (χ0v) is 12.0. The lowest BCUT2D eigenvalue weighted by atomic mass is 10.1. The number of nitrogens with one attached hydrogen (secondary N) is 1. The average molecular weight is 287 g/mol. The van der Waals surface area contributed by atoms with Gasteiger partial charge in [0.15, 0.2) is 18.7 Å². The Morgan fingerprint density at radius 1 is 1.48 bits per heavy atom. The van der Waals surface area contributed by atoms with Crippen LogP contribution in [0.2, 0.25) is 0 Å². The van der Waals surface area contributed by atoms with Gasteiger partial charge in [0.25, 0.3) is 5.91 Å². The van der Waals surface area contributed by atoms with E-state index in [4.69, 9.17) is 9.47 Å². The first-order valence-electron chi connectivity index (χ1n) is 6.87. The first-order chi connectivity index (χ1) is 10.2. The van der Waals surface area contributed by atoms with Crippen LogP contribution in [0.1, 0.15) is 24.3 Å². The van der Waals surface area contributed by atoms with E-state index < -0.39 is 6.10 Å². The number of aryl methyl sites for hydroxylation is 2. The lowest BCUT2D eigenvalue weighted by Gasteiger charge is -2.24. The molecule has 1 aliphatic heterocycles. The number of anilines is 1. The first-order valence-corrected chi connectivity index (χ1v) is 6.87. The predicted octanol–water partition coefficient (Wildman–Crippen LogP) is 2.26. The van der Waals surface area contributed by atoms with Gasteiger partial charge in [0, 0.05) is 23.9 Å². The summed E-state index contributed by atoms with van der Waals surface area (Å²) < 4.78 is 12.6. The molecule has 1 N–H and O–H groups in total. The topological polar surface area (TPSA) is 65.4 Å². The highest BCUT2D eigenvalue weighted by Crippen LogP contribution is 2.32. The Balaban J connectivity index is 1.80. The van der Waals surface area contributed by atoms with Crippen LogP contribution < -0.4 is 10.1 Å². The van der Waals surface area contributed by atoms with Crippen LogP contribution in [0.4, 0.5) is 5.82 Å². The fraction of sp³-hybridized carbons (Fsp3) is 0.333. The second kappa shape index (κ2) is 5.57. The van der Waals surface area contributed by atoms with Crippen molar-refractivity contribution in [3.8, 4) is 5.75 Å². The molecule has 6 nitrogen and oxygen atoms in total. The van der Waals surface area contributed by atoms with Crippen molar-refractivity contribution in [3.05, 3.63) is 41.6 Å². The van der Waals surface area contributed by atoms with Crippen LogP contribution in [0.5, 0.6) is 5.75 Å². The van der Waals surface area contributed by atoms with Crippen LogP contribution in [0.25, 0.3) is 0 Å². The summed E-state index contributed by atoms with van der Waals surface area (Å²) in [5.74, 6) is 0.970. The van der Waals surface area contributed by atoms with Gasteiger partial charge in [-0.2, -0.15) is 5.10 Å². The minimum Gasteiger partial charge on any atom is -0.467 e. The van der Waals surface area contributed by atoms with Crippen molar-refractivity contribution in [2.75, 3.05) is 12.1 Å². The second-order valence-electron chi connectivity index (χ2n) is 4.82. The Kier molecular flexibility index (Phi) is 3.62. The van der Waals surface area contributed by atoms with Gasteiger partial charge in [-0.15, -0.1) is 0 Å². The lowest BCUT2D eigenvalue weighted by Crippen LogP contribution is -2.28. The molecule has 0 bridgehead atoms. The first kappa shape index (κ1) is 13.6. The molecule has 6 heteroatoms. The quantitative estimate of drug-likeness (QED) is 0.940. The fourth-order valence-corrected chi connectivity index (χ4v) is 2.38. The third-order valence-corrected chi connectivity index (χ3v) is 3.42. The summed E-state index contributed by atoms with van der Waals surface area (Å²) in [4.78, 5) is 12.4. The van der Waals surface area contributed by atoms with E-state index >= 15 is 0 Å². The van der Waals surface area contributed by atoms with Crippen molar-refractivity contribution >= 4 is 11.7 Å². The summed E-state index contributed by atoms with van der Waals surface area (Å²) in [7, 11) is 0. The molecule has 1 aromatic carbocycles. The number of benzene rings is 1. The summed E-state index contributed by atoms with van der Waals surface area (Å²) in [6.07, 6.45) is -0.679. The van der Waals surface area contributed by atoms with E-state index in [0.717, 1.165) is 17.8 Å². The molecule has 1 atom stereocenters. The van der Waals surface area contributed by atoms with Gasteiger partial charge in [-0.05, 0) is 19.9 Å². The molecule has 0 aliphatic carbocycles. The summed E-state index contributed by atoms with van der Waals surface area (Å²) >= 11 is 0. The number of rotatable bonds is 3. The highest BCUT2D eigenvalue weighted by Gasteiger charge is 2.28. The monoisotopic (exact) mass is 287 g/mol. The van der Waals surface area contributed by atoms with Crippen LogP contribution in [-0.2, 0) is 16.1 Å². The van der Waals surface area contributed by atoms with Crippen molar-refractivity contribution in [1.29, 1.82) is 0 Å². The molecular weight excluding hydrogens is 270 g/mol. The van der Waals surface area contributed by atoms with E-state index in [2.05, 4.69) is 10.4 Å². The SMILES string of the molecule is CCn1nc(NC(=O)[C@H]2OCOc3ccccc32)cc1C. The molecular formula is C15H17N3O3. The smallest absolute Gasteiger partial charge is 0.259 e. The highest BCUT2D eigenvalue weighted by molar-refractivity contribution is 5.94. The Morgan fingerprint density at radius 3 is 3.05 bits per heavy atom. The Hall–Kier alpha value is -2.34. The maximum atomic E-state index is 12.4. The third kappa shape index (κ3) is 2.62. The Labute approximate surface area is 122 Å². The second-order valence-corrected chi connectivity index (χ2v) is 4.82. The minimum atomic E-state index is -0.679. The predicted molar refractivity (Wildman–Crippen MR) is 77.0 cm³/mol. The van der Waals surface area contributed by atoms with Crippen molar-refractivity contribution in [2.45, 2.75) is 26.5 Å². The van der Waals surface area contributed by atoms with Crippen molar-refractivity contribution < 1.29 is 14.3 Å². The molecule has 0 saturated heterocycles. The number of carbonyl (C=O) groups excluding carboxylic acids is 1. The molecule has 2 aromatic rings. The van der Waals surface area contributed by atoms with E-state index in [1.165, 1.54) is 0 Å². The summed E-state index contributed by atoms with van der Waals surface area (Å²) in [5, 5.41) is 7.11. The minimum absolute atomic E-state index is 0.0670. The van der Waals surface area contributed by atoms with E-state index in [1.807, 2.05) is 48.9 Å². The number of fused-ring (bicyclic) bond motifs is 1. The van der Waals surface area contributed by atoms with E-state index in [1.54, 1.807) is 0 Å². The van der Waals surface area contributed by atoms with Gasteiger partial charge in [0.2, 0.25) is 0 Å². The molecule has 0 spiro atoms. The standard InChI is InChI=1S/C15H17N3O3/c1-3-18-10(2)8-13(17-18)16-15(19)14-11-6-4-5-7-12(11)20-9-21-14/h4-8,14H,3,9H2,1-2H3,(H,16,17,19)/t14-/m0/s1. The zero-order valence-electron chi connectivity index (χ0n) is 12.0. The largest absolute Gasteiger partial charge is 0.467 e. The van der Waals surface area contributed by atoms with Crippen molar-refractivity contribution in [1.82, 2.24) is 9.78 Å². The van der Waals surface area contributed by atoms with Crippen LogP contribution >= 0.6 is 0 Å². The van der Waals surface area contributed by atoms with Gasteiger partial charge in [0.05, 0.1) is 0 Å². The molecule has 1 aromatic heterocycles. The van der Waals surface area contributed by atoms with Crippen molar-refractivity contribution in [3.63, 3.8) is 0 Å². The number of aromatic nitrogens is 2. The number of hydrogen-bond donors (Lipinski definition) is 1. The summed E-state index contributed by atoms with van der Waals surface area (Å²) in [6, 6.07) is 9.22. The molecule has 1 aliphatic rings. The molecule has 0 unspecified atom stereocenters. The molecule has 2 heterocycles. The van der Waals surface area contributed by atoms with E-state index in [0.29, 0.717) is 11.6 Å². The number of amides is 1. The Morgan fingerprint density at radius 2 is 2.29 bits per heavy atom. The fourth-order valence-electron chi connectivity index (χ4n) is 2.38.